The largest absolute Gasteiger partial charge is 0.492 e. The molecule has 1 unspecified atom stereocenters. The predicted octanol–water partition coefficient (Wildman–Crippen LogP) is 5.36. The number of hydrogen-bond donors (Lipinski definition) is 1. The quantitative estimate of drug-likeness (QED) is 0.246. The number of imidazole rings is 1. The van der Waals surface area contributed by atoms with Gasteiger partial charge < -0.3 is 25.0 Å². The highest BCUT2D eigenvalue weighted by Gasteiger charge is 2.21. The number of primary amides is 1. The van der Waals surface area contributed by atoms with E-state index in [4.69, 9.17) is 26.8 Å². The Hall–Kier alpha value is -3.11. The summed E-state index contributed by atoms with van der Waals surface area (Å²) in [6.45, 7) is 8.23. The second-order valence-corrected chi connectivity index (χ2v) is 11.3. The maximum atomic E-state index is 12.3. The van der Waals surface area contributed by atoms with Gasteiger partial charge in [-0.2, -0.15) is 0 Å². The van der Waals surface area contributed by atoms with Crippen LogP contribution in [0.1, 0.15) is 41.1 Å². The fraction of sp³-hybridized carbons (Fsp3) is 0.379. The molecule has 5 rings (SSSR count). The van der Waals surface area contributed by atoms with Crippen LogP contribution < -0.4 is 15.2 Å². The van der Waals surface area contributed by atoms with Crippen molar-refractivity contribution in [1.29, 1.82) is 0 Å². The van der Waals surface area contributed by atoms with Crippen molar-refractivity contribution < 1.29 is 14.3 Å². The molecular formula is C29H34ClN5O3S. The third kappa shape index (κ3) is 6.55. The summed E-state index contributed by atoms with van der Waals surface area (Å²) in [5.74, 6) is 0.663. The molecule has 1 aromatic carbocycles. The molecule has 3 aromatic heterocycles. The summed E-state index contributed by atoms with van der Waals surface area (Å²) in [5.41, 5.74) is 8.17. The molecule has 1 aliphatic heterocycles. The highest BCUT2D eigenvalue weighted by Crippen LogP contribution is 2.39. The molecule has 1 aliphatic rings. The van der Waals surface area contributed by atoms with E-state index in [1.807, 2.05) is 60.0 Å². The Morgan fingerprint density at radius 2 is 1.95 bits per heavy atom. The van der Waals surface area contributed by atoms with Crippen LogP contribution in [0.5, 0.6) is 11.5 Å². The van der Waals surface area contributed by atoms with Gasteiger partial charge in [-0.15, -0.1) is 11.3 Å². The second kappa shape index (κ2) is 12.4. The van der Waals surface area contributed by atoms with Crippen molar-refractivity contribution in [3.63, 3.8) is 0 Å². The Bertz CT molecular complexity index is 1430. The van der Waals surface area contributed by atoms with Crippen molar-refractivity contribution in [1.82, 2.24) is 19.2 Å². The molecule has 0 aliphatic carbocycles. The lowest BCUT2D eigenvalue weighted by molar-refractivity contribution is 0.0998. The van der Waals surface area contributed by atoms with Crippen LogP contribution in [-0.4, -0.2) is 71.5 Å². The topological polar surface area (TPSA) is 85.3 Å². The van der Waals surface area contributed by atoms with Gasteiger partial charge in [0.15, 0.2) is 0 Å². The highest BCUT2D eigenvalue weighted by atomic mass is 35.5. The number of nitrogens with zero attached hydrogens (tertiary/aromatic N) is 4. The minimum Gasteiger partial charge on any atom is -0.492 e. The van der Waals surface area contributed by atoms with Crippen molar-refractivity contribution in [2.24, 2.45) is 5.73 Å². The SMILES string of the molecule is CC(Oc1cc(-c2cnc3ccc(OCCCCN4CCN(C)CC4)cn23)sc1C(N)=O)c1ccccc1Cl. The van der Waals surface area contributed by atoms with Gasteiger partial charge in [-0.05, 0) is 51.6 Å². The van der Waals surface area contributed by atoms with Crippen molar-refractivity contribution in [2.75, 3.05) is 46.4 Å². The number of carbonyl (C=O) groups excluding carboxylic acids is 1. The first-order valence-corrected chi connectivity index (χ1v) is 14.4. The molecule has 0 spiro atoms. The zero-order chi connectivity index (χ0) is 27.4. The van der Waals surface area contributed by atoms with Crippen LogP contribution in [0.4, 0.5) is 0 Å². The van der Waals surface area contributed by atoms with E-state index >= 15 is 0 Å². The fourth-order valence-electron chi connectivity index (χ4n) is 4.75. The number of benzene rings is 1. The van der Waals surface area contributed by atoms with E-state index in [-0.39, 0.29) is 6.10 Å². The minimum absolute atomic E-state index is 0.353. The van der Waals surface area contributed by atoms with Gasteiger partial charge in [0.05, 0.1) is 29.6 Å². The van der Waals surface area contributed by atoms with E-state index in [0.29, 0.717) is 22.3 Å². The molecule has 0 saturated carbocycles. The lowest BCUT2D eigenvalue weighted by Crippen LogP contribution is -2.44. The van der Waals surface area contributed by atoms with Crippen LogP contribution in [0.3, 0.4) is 0 Å². The van der Waals surface area contributed by atoms with Crippen molar-refractivity contribution >= 4 is 34.5 Å². The van der Waals surface area contributed by atoms with Gasteiger partial charge in [-0.3, -0.25) is 9.20 Å². The molecule has 0 radical (unpaired) electrons. The Balaban J connectivity index is 1.27. The number of piperazine rings is 1. The van der Waals surface area contributed by atoms with Gasteiger partial charge >= 0.3 is 0 Å². The number of rotatable bonds is 11. The highest BCUT2D eigenvalue weighted by molar-refractivity contribution is 7.17. The molecule has 1 saturated heterocycles. The van der Waals surface area contributed by atoms with Crippen LogP contribution in [0.15, 0.2) is 54.9 Å². The number of likely N-dealkylation sites (N-methyl/N-ethyl adjacent to an activating group) is 1. The summed E-state index contributed by atoms with van der Waals surface area (Å²) in [7, 11) is 2.18. The first-order chi connectivity index (χ1) is 18.9. The molecule has 206 valence electrons. The lowest BCUT2D eigenvalue weighted by atomic mass is 10.1. The second-order valence-electron chi connectivity index (χ2n) is 9.89. The molecule has 4 aromatic rings. The Morgan fingerprint density at radius 3 is 2.72 bits per heavy atom. The maximum absolute atomic E-state index is 12.3. The summed E-state index contributed by atoms with van der Waals surface area (Å²) in [6, 6.07) is 13.2. The summed E-state index contributed by atoms with van der Waals surface area (Å²) >= 11 is 7.64. The van der Waals surface area contributed by atoms with Gasteiger partial charge in [-0.1, -0.05) is 29.8 Å². The van der Waals surface area contributed by atoms with Gasteiger partial charge in [-0.25, -0.2) is 4.98 Å². The maximum Gasteiger partial charge on any atom is 0.262 e. The summed E-state index contributed by atoms with van der Waals surface area (Å²) in [4.78, 5) is 22.9. The van der Waals surface area contributed by atoms with Gasteiger partial charge in [0.2, 0.25) is 0 Å². The lowest BCUT2D eigenvalue weighted by Gasteiger charge is -2.32. The van der Waals surface area contributed by atoms with Gasteiger partial charge in [0, 0.05) is 42.8 Å². The number of fused-ring (bicyclic) bond motifs is 1. The number of unbranched alkanes of at least 4 members (excludes halogenated alkanes) is 1. The zero-order valence-corrected chi connectivity index (χ0v) is 23.9. The summed E-state index contributed by atoms with van der Waals surface area (Å²) < 4.78 is 14.2. The molecule has 1 fully saturated rings. The van der Waals surface area contributed by atoms with Crippen LogP contribution in [0, 0.1) is 0 Å². The zero-order valence-electron chi connectivity index (χ0n) is 22.3. The van der Waals surface area contributed by atoms with E-state index in [9.17, 15) is 4.79 Å². The predicted molar refractivity (Wildman–Crippen MR) is 156 cm³/mol. The number of nitrogens with two attached hydrogens (primary N) is 1. The Morgan fingerprint density at radius 1 is 1.15 bits per heavy atom. The van der Waals surface area contributed by atoms with Gasteiger partial charge in [0.25, 0.3) is 5.91 Å². The van der Waals surface area contributed by atoms with Crippen molar-refractivity contribution in [3.8, 4) is 22.1 Å². The molecule has 0 bridgehead atoms. The van der Waals surface area contributed by atoms with E-state index in [2.05, 4.69) is 21.8 Å². The Kier molecular flexibility index (Phi) is 8.72. The van der Waals surface area contributed by atoms with E-state index in [1.54, 1.807) is 6.20 Å². The fourth-order valence-corrected chi connectivity index (χ4v) is 5.99. The molecule has 39 heavy (non-hydrogen) atoms. The molecule has 8 nitrogen and oxygen atoms in total. The monoisotopic (exact) mass is 567 g/mol. The first kappa shape index (κ1) is 27.5. The first-order valence-electron chi connectivity index (χ1n) is 13.2. The van der Waals surface area contributed by atoms with Crippen LogP contribution >= 0.6 is 22.9 Å². The molecule has 10 heteroatoms. The van der Waals surface area contributed by atoms with E-state index in [1.165, 1.54) is 11.3 Å². The number of halogens is 1. The minimum atomic E-state index is -0.540. The average molecular weight is 568 g/mol. The van der Waals surface area contributed by atoms with Crippen LogP contribution in [0.2, 0.25) is 5.02 Å². The summed E-state index contributed by atoms with van der Waals surface area (Å²) in [5, 5.41) is 0.606. The number of amides is 1. The van der Waals surface area contributed by atoms with Crippen LogP contribution in [0.25, 0.3) is 16.2 Å². The third-order valence-corrected chi connectivity index (χ3v) is 8.53. The van der Waals surface area contributed by atoms with E-state index in [0.717, 1.165) is 73.1 Å². The standard InChI is InChI=1S/C29H34ClN5O3S/c1-20(22-7-3-4-8-23(22)30)38-25-17-26(39-28(25)29(31)36)24-18-32-27-10-9-21(19-35(24)27)37-16-6-5-11-34-14-12-33(2)13-15-34/h3-4,7-10,17-20H,5-6,11-16H2,1-2H3,(H2,31,36). The number of ether oxygens (including phenoxy) is 2. The molecular weight excluding hydrogens is 534 g/mol. The third-order valence-electron chi connectivity index (χ3n) is 7.03. The summed E-state index contributed by atoms with van der Waals surface area (Å²) in [6.07, 6.45) is 5.47. The molecule has 2 N–H and O–H groups in total. The van der Waals surface area contributed by atoms with Gasteiger partial charge in [0.1, 0.15) is 28.1 Å². The number of carbonyl (C=O) groups is 1. The molecule has 1 atom stereocenters. The van der Waals surface area contributed by atoms with E-state index < -0.39 is 5.91 Å². The van der Waals surface area contributed by atoms with Crippen molar-refractivity contribution in [2.45, 2.75) is 25.9 Å². The smallest absolute Gasteiger partial charge is 0.262 e. The number of hydrogen-bond acceptors (Lipinski definition) is 7. The average Bonchev–Trinajstić information content (AvgIpc) is 3.53. The normalized spacial score (nSPS) is 15.5. The van der Waals surface area contributed by atoms with Crippen LogP contribution in [-0.2, 0) is 0 Å². The molecule has 4 heterocycles. The molecule has 1 amide bonds. The number of aromatic nitrogens is 2. The Labute approximate surface area is 237 Å². The van der Waals surface area contributed by atoms with Crippen molar-refractivity contribution in [3.05, 3.63) is 70.3 Å². The number of pyridine rings is 1. The number of thiophene rings is 1.